The number of allylic oxidation sites excluding steroid dienone is 1. The first-order valence-corrected chi connectivity index (χ1v) is 8.10. The Bertz CT molecular complexity index is 535. The third kappa shape index (κ3) is 4.44. The Morgan fingerprint density at radius 3 is 2.64 bits per heavy atom. The highest BCUT2D eigenvalue weighted by atomic mass is 16.1. The van der Waals surface area contributed by atoms with E-state index in [2.05, 4.69) is 35.2 Å². The number of likely N-dealkylation sites (tertiary alicyclic amines) is 1. The number of piperidine rings is 1. The Hall–Kier alpha value is -1.62. The van der Waals surface area contributed by atoms with E-state index in [0.717, 1.165) is 44.7 Å². The molecule has 1 saturated heterocycles. The molecule has 122 valence electrons. The third-order valence-electron chi connectivity index (χ3n) is 4.50. The van der Waals surface area contributed by atoms with Gasteiger partial charge in [-0.25, -0.2) is 0 Å². The van der Waals surface area contributed by atoms with Crippen LogP contribution in [-0.2, 0) is 7.05 Å². The van der Waals surface area contributed by atoms with Crippen LogP contribution >= 0.6 is 0 Å². The van der Waals surface area contributed by atoms with E-state index in [0.29, 0.717) is 11.5 Å². The number of aryl methyl sites for hydroxylation is 1. The summed E-state index contributed by atoms with van der Waals surface area (Å²) in [7, 11) is 1.86. The standard InChI is InChI=1S/C17H28N4O/c1-13(2)5-8-21-9-6-15(7-10-21)11-18-17(22)16-12-19-20(4)14(16)3/h5,12,15H,6-11H2,1-4H3,(H,18,22). The first kappa shape index (κ1) is 16.7. The van der Waals surface area contributed by atoms with Crippen LogP contribution in [-0.4, -0.2) is 46.8 Å². The molecule has 0 spiro atoms. The van der Waals surface area contributed by atoms with Gasteiger partial charge in [0.25, 0.3) is 5.91 Å². The number of hydrogen-bond donors (Lipinski definition) is 1. The van der Waals surface area contributed by atoms with E-state index in [9.17, 15) is 4.79 Å². The molecule has 0 unspecified atom stereocenters. The number of hydrogen-bond acceptors (Lipinski definition) is 3. The minimum atomic E-state index is -0.00225. The number of nitrogens with zero attached hydrogens (tertiary/aromatic N) is 3. The van der Waals surface area contributed by atoms with Crippen LogP contribution in [0.4, 0.5) is 0 Å². The summed E-state index contributed by atoms with van der Waals surface area (Å²) in [6, 6.07) is 0. The molecule has 1 fully saturated rings. The maximum absolute atomic E-state index is 12.2. The lowest BCUT2D eigenvalue weighted by Gasteiger charge is -2.31. The summed E-state index contributed by atoms with van der Waals surface area (Å²) in [5.74, 6) is 0.585. The van der Waals surface area contributed by atoms with Crippen LogP contribution in [0.3, 0.4) is 0 Å². The molecule has 5 nitrogen and oxygen atoms in total. The van der Waals surface area contributed by atoms with E-state index in [1.807, 2.05) is 14.0 Å². The summed E-state index contributed by atoms with van der Waals surface area (Å²) in [6.45, 7) is 10.3. The van der Waals surface area contributed by atoms with Crippen LogP contribution in [0.25, 0.3) is 0 Å². The Labute approximate surface area is 133 Å². The molecule has 1 aromatic heterocycles. The molecular weight excluding hydrogens is 276 g/mol. The summed E-state index contributed by atoms with van der Waals surface area (Å²) in [5, 5.41) is 7.19. The summed E-state index contributed by atoms with van der Waals surface area (Å²) in [6.07, 6.45) is 6.24. The molecule has 1 aromatic rings. The van der Waals surface area contributed by atoms with Gasteiger partial charge in [0.1, 0.15) is 0 Å². The second-order valence-corrected chi connectivity index (χ2v) is 6.50. The van der Waals surface area contributed by atoms with Crippen molar-refractivity contribution in [3.63, 3.8) is 0 Å². The van der Waals surface area contributed by atoms with Crippen molar-refractivity contribution in [2.75, 3.05) is 26.2 Å². The lowest BCUT2D eigenvalue weighted by Crippen LogP contribution is -2.38. The van der Waals surface area contributed by atoms with Gasteiger partial charge in [-0.05, 0) is 52.6 Å². The van der Waals surface area contributed by atoms with Gasteiger partial charge in [0.15, 0.2) is 0 Å². The number of nitrogens with one attached hydrogen (secondary N) is 1. The molecule has 0 aliphatic carbocycles. The highest BCUT2D eigenvalue weighted by Crippen LogP contribution is 2.16. The van der Waals surface area contributed by atoms with E-state index in [-0.39, 0.29) is 5.91 Å². The maximum Gasteiger partial charge on any atom is 0.254 e. The SMILES string of the molecule is CC(C)=CCN1CCC(CNC(=O)c2cnn(C)c2C)CC1. The van der Waals surface area contributed by atoms with E-state index in [4.69, 9.17) is 0 Å². The smallest absolute Gasteiger partial charge is 0.254 e. The molecule has 1 amide bonds. The second-order valence-electron chi connectivity index (χ2n) is 6.50. The van der Waals surface area contributed by atoms with E-state index >= 15 is 0 Å². The quantitative estimate of drug-likeness (QED) is 0.848. The number of carbonyl (C=O) groups excluding carboxylic acids is 1. The molecule has 1 aliphatic rings. The molecule has 2 heterocycles. The third-order valence-corrected chi connectivity index (χ3v) is 4.50. The predicted octanol–water partition coefficient (Wildman–Crippen LogP) is 2.14. The zero-order valence-corrected chi connectivity index (χ0v) is 14.2. The molecule has 0 radical (unpaired) electrons. The number of aromatic nitrogens is 2. The second kappa shape index (κ2) is 7.58. The Balaban J connectivity index is 1.74. The number of rotatable bonds is 5. The fourth-order valence-electron chi connectivity index (χ4n) is 2.74. The van der Waals surface area contributed by atoms with Crippen LogP contribution in [0.15, 0.2) is 17.8 Å². The van der Waals surface area contributed by atoms with Crippen LogP contribution in [0.5, 0.6) is 0 Å². The van der Waals surface area contributed by atoms with Gasteiger partial charge in [-0.15, -0.1) is 0 Å². The fraction of sp³-hybridized carbons (Fsp3) is 0.647. The van der Waals surface area contributed by atoms with Gasteiger partial charge in [0, 0.05) is 25.8 Å². The van der Waals surface area contributed by atoms with Crippen molar-refractivity contribution in [2.45, 2.75) is 33.6 Å². The zero-order valence-electron chi connectivity index (χ0n) is 14.2. The largest absolute Gasteiger partial charge is 0.352 e. The monoisotopic (exact) mass is 304 g/mol. The maximum atomic E-state index is 12.2. The molecule has 1 aliphatic heterocycles. The Kier molecular flexibility index (Phi) is 5.77. The van der Waals surface area contributed by atoms with Crippen LogP contribution < -0.4 is 5.32 Å². The van der Waals surface area contributed by atoms with Crippen LogP contribution in [0, 0.1) is 12.8 Å². The molecule has 5 heteroatoms. The molecule has 2 rings (SSSR count). The lowest BCUT2D eigenvalue weighted by molar-refractivity contribution is 0.0937. The molecule has 0 bridgehead atoms. The Morgan fingerprint density at radius 1 is 1.41 bits per heavy atom. The molecule has 1 N–H and O–H groups in total. The fourth-order valence-corrected chi connectivity index (χ4v) is 2.74. The van der Waals surface area contributed by atoms with Gasteiger partial charge in [0.05, 0.1) is 11.8 Å². The van der Waals surface area contributed by atoms with Gasteiger partial charge >= 0.3 is 0 Å². The van der Waals surface area contributed by atoms with Crippen LogP contribution in [0.1, 0.15) is 42.7 Å². The minimum Gasteiger partial charge on any atom is -0.352 e. The van der Waals surface area contributed by atoms with Gasteiger partial charge in [-0.3, -0.25) is 14.4 Å². The van der Waals surface area contributed by atoms with Crippen LogP contribution in [0.2, 0.25) is 0 Å². The first-order chi connectivity index (χ1) is 10.5. The van der Waals surface area contributed by atoms with Crippen molar-refractivity contribution in [1.82, 2.24) is 20.0 Å². The molecule has 0 saturated carbocycles. The van der Waals surface area contributed by atoms with Crippen molar-refractivity contribution in [1.29, 1.82) is 0 Å². The molecular formula is C17H28N4O. The molecule has 0 aromatic carbocycles. The average molecular weight is 304 g/mol. The summed E-state index contributed by atoms with van der Waals surface area (Å²) in [5.41, 5.74) is 2.97. The number of amides is 1. The highest BCUT2D eigenvalue weighted by molar-refractivity contribution is 5.94. The van der Waals surface area contributed by atoms with Crippen molar-refractivity contribution >= 4 is 5.91 Å². The Morgan fingerprint density at radius 2 is 2.09 bits per heavy atom. The van der Waals surface area contributed by atoms with E-state index in [1.165, 1.54) is 5.57 Å². The molecule has 0 atom stereocenters. The van der Waals surface area contributed by atoms with E-state index in [1.54, 1.807) is 10.9 Å². The predicted molar refractivity (Wildman–Crippen MR) is 88.9 cm³/mol. The zero-order chi connectivity index (χ0) is 16.1. The van der Waals surface area contributed by atoms with Gasteiger partial charge in [-0.2, -0.15) is 5.10 Å². The molecule has 22 heavy (non-hydrogen) atoms. The van der Waals surface area contributed by atoms with Crippen molar-refractivity contribution in [3.8, 4) is 0 Å². The van der Waals surface area contributed by atoms with Gasteiger partial charge < -0.3 is 5.32 Å². The van der Waals surface area contributed by atoms with Gasteiger partial charge in [-0.1, -0.05) is 11.6 Å². The van der Waals surface area contributed by atoms with Crippen molar-refractivity contribution in [2.24, 2.45) is 13.0 Å². The normalized spacial score (nSPS) is 16.5. The van der Waals surface area contributed by atoms with Crippen molar-refractivity contribution < 1.29 is 4.79 Å². The van der Waals surface area contributed by atoms with Crippen molar-refractivity contribution in [3.05, 3.63) is 29.1 Å². The first-order valence-electron chi connectivity index (χ1n) is 8.10. The number of carbonyl (C=O) groups is 1. The average Bonchev–Trinajstić information content (AvgIpc) is 2.83. The summed E-state index contributed by atoms with van der Waals surface area (Å²) < 4.78 is 1.73. The highest BCUT2D eigenvalue weighted by Gasteiger charge is 2.20. The minimum absolute atomic E-state index is 0.00225. The van der Waals surface area contributed by atoms with E-state index < -0.39 is 0 Å². The topological polar surface area (TPSA) is 50.2 Å². The summed E-state index contributed by atoms with van der Waals surface area (Å²) in [4.78, 5) is 14.7. The van der Waals surface area contributed by atoms with Gasteiger partial charge in [0.2, 0.25) is 0 Å². The lowest BCUT2D eigenvalue weighted by atomic mass is 9.96. The summed E-state index contributed by atoms with van der Waals surface area (Å²) >= 11 is 0.